The molecule has 142 valence electrons. The summed E-state index contributed by atoms with van der Waals surface area (Å²) in [6, 6.07) is 3.69. The Morgan fingerprint density at radius 3 is 2.69 bits per heavy atom. The highest BCUT2D eigenvalue weighted by molar-refractivity contribution is 7.09. The van der Waals surface area contributed by atoms with Crippen molar-refractivity contribution < 1.29 is 22.6 Å². The fraction of sp³-hybridized carbons (Fsp3) is 0.562. The first-order chi connectivity index (χ1) is 12.5. The summed E-state index contributed by atoms with van der Waals surface area (Å²) in [4.78, 5) is 10.1. The van der Waals surface area contributed by atoms with Crippen LogP contribution in [-0.4, -0.2) is 41.1 Å². The summed E-state index contributed by atoms with van der Waals surface area (Å²) in [5.41, 5.74) is -0.937. The van der Waals surface area contributed by atoms with Crippen molar-refractivity contribution in [2.24, 2.45) is 5.92 Å². The van der Waals surface area contributed by atoms with Gasteiger partial charge in [0.05, 0.1) is 6.61 Å². The quantitative estimate of drug-likeness (QED) is 0.756. The van der Waals surface area contributed by atoms with Gasteiger partial charge in [-0.05, 0) is 24.8 Å². The molecule has 1 fully saturated rings. The number of rotatable bonds is 6. The smallest absolute Gasteiger partial charge is 0.433 e. The highest BCUT2D eigenvalue weighted by Gasteiger charge is 2.32. The lowest BCUT2D eigenvalue weighted by Gasteiger charge is -2.31. The van der Waals surface area contributed by atoms with Gasteiger partial charge in [0, 0.05) is 37.8 Å². The number of halogens is 3. The first-order valence-electron chi connectivity index (χ1n) is 8.19. The molecule has 0 radical (unpaired) electrons. The zero-order valence-electron chi connectivity index (χ0n) is 14.2. The standard InChI is InChI=1S/C16H19F3N4O2S/c1-24-10-13-21-15(26-22-13)23-7-5-11(6-8-23)9-25-14-4-2-3-12(20-14)16(17,18)19/h2-4,11H,5-10H2,1H3. The maximum absolute atomic E-state index is 12.7. The van der Waals surface area contributed by atoms with Crippen molar-refractivity contribution in [3.8, 4) is 5.88 Å². The highest BCUT2D eigenvalue weighted by Crippen LogP contribution is 2.29. The molecule has 0 unspecified atom stereocenters. The number of methoxy groups -OCH3 is 1. The molecular weight excluding hydrogens is 369 g/mol. The van der Waals surface area contributed by atoms with E-state index >= 15 is 0 Å². The monoisotopic (exact) mass is 388 g/mol. The Labute approximate surface area is 153 Å². The average molecular weight is 388 g/mol. The van der Waals surface area contributed by atoms with Crippen molar-refractivity contribution in [1.29, 1.82) is 0 Å². The molecule has 26 heavy (non-hydrogen) atoms. The number of ether oxygens (including phenoxy) is 2. The zero-order valence-corrected chi connectivity index (χ0v) is 15.0. The third kappa shape index (κ3) is 4.82. The highest BCUT2D eigenvalue weighted by atomic mass is 32.1. The molecule has 0 amide bonds. The van der Waals surface area contributed by atoms with Crippen LogP contribution in [0.4, 0.5) is 18.3 Å². The summed E-state index contributed by atoms with van der Waals surface area (Å²) >= 11 is 1.35. The minimum atomic E-state index is -4.46. The van der Waals surface area contributed by atoms with E-state index in [0.29, 0.717) is 19.0 Å². The predicted octanol–water partition coefficient (Wildman–Crippen LogP) is 3.39. The summed E-state index contributed by atoms with van der Waals surface area (Å²) in [7, 11) is 1.60. The Bertz CT molecular complexity index is 718. The number of alkyl halides is 3. The molecule has 0 saturated carbocycles. The van der Waals surface area contributed by atoms with E-state index in [-0.39, 0.29) is 11.8 Å². The van der Waals surface area contributed by atoms with Crippen LogP contribution in [-0.2, 0) is 17.5 Å². The molecule has 0 aliphatic carbocycles. The van der Waals surface area contributed by atoms with E-state index < -0.39 is 11.9 Å². The molecule has 1 saturated heterocycles. The van der Waals surface area contributed by atoms with E-state index in [1.54, 1.807) is 7.11 Å². The Kier molecular flexibility index (Phi) is 5.92. The predicted molar refractivity (Wildman–Crippen MR) is 90.3 cm³/mol. The van der Waals surface area contributed by atoms with Crippen molar-refractivity contribution in [2.45, 2.75) is 25.6 Å². The third-order valence-electron chi connectivity index (χ3n) is 4.10. The van der Waals surface area contributed by atoms with E-state index in [4.69, 9.17) is 9.47 Å². The maximum atomic E-state index is 12.7. The summed E-state index contributed by atoms with van der Waals surface area (Å²) in [6.45, 7) is 2.37. The van der Waals surface area contributed by atoms with Gasteiger partial charge >= 0.3 is 6.18 Å². The van der Waals surface area contributed by atoms with Gasteiger partial charge in [0.15, 0.2) is 5.82 Å². The van der Waals surface area contributed by atoms with Crippen molar-refractivity contribution in [1.82, 2.24) is 14.3 Å². The fourth-order valence-electron chi connectivity index (χ4n) is 2.71. The van der Waals surface area contributed by atoms with Crippen molar-refractivity contribution in [2.75, 3.05) is 31.7 Å². The fourth-order valence-corrected chi connectivity index (χ4v) is 3.43. The van der Waals surface area contributed by atoms with Gasteiger partial charge in [-0.25, -0.2) is 9.97 Å². The lowest BCUT2D eigenvalue weighted by atomic mass is 9.98. The molecule has 0 bridgehead atoms. The third-order valence-corrected chi connectivity index (χ3v) is 4.91. The van der Waals surface area contributed by atoms with Crippen molar-refractivity contribution in [3.63, 3.8) is 0 Å². The average Bonchev–Trinajstić information content (AvgIpc) is 3.09. The number of nitrogens with zero attached hydrogens (tertiary/aromatic N) is 4. The molecule has 2 aromatic rings. The van der Waals surface area contributed by atoms with E-state index in [2.05, 4.69) is 19.2 Å². The zero-order chi connectivity index (χ0) is 18.6. The number of pyridine rings is 1. The van der Waals surface area contributed by atoms with Gasteiger partial charge in [0.25, 0.3) is 0 Å². The molecule has 1 aliphatic rings. The van der Waals surface area contributed by atoms with Crippen LogP contribution in [0.5, 0.6) is 5.88 Å². The molecule has 10 heteroatoms. The largest absolute Gasteiger partial charge is 0.477 e. The van der Waals surface area contributed by atoms with E-state index in [9.17, 15) is 13.2 Å². The molecular formula is C16H19F3N4O2S. The van der Waals surface area contributed by atoms with Crippen molar-refractivity contribution in [3.05, 3.63) is 29.7 Å². The first kappa shape index (κ1) is 18.8. The molecule has 3 rings (SSSR count). The summed E-state index contributed by atoms with van der Waals surface area (Å²) < 4.78 is 52.8. The van der Waals surface area contributed by atoms with Gasteiger partial charge in [0.2, 0.25) is 11.0 Å². The van der Waals surface area contributed by atoms with Crippen LogP contribution >= 0.6 is 11.5 Å². The van der Waals surface area contributed by atoms with Crippen LogP contribution in [0.25, 0.3) is 0 Å². The van der Waals surface area contributed by atoms with Crippen LogP contribution in [0.15, 0.2) is 18.2 Å². The Hall–Kier alpha value is -1.94. The summed E-state index contributed by atoms with van der Waals surface area (Å²) in [6.07, 6.45) is -2.72. The van der Waals surface area contributed by atoms with E-state index in [0.717, 1.165) is 37.1 Å². The molecule has 1 aliphatic heterocycles. The molecule has 6 nitrogen and oxygen atoms in total. The van der Waals surface area contributed by atoms with Crippen LogP contribution in [0, 0.1) is 5.92 Å². The number of hydrogen-bond acceptors (Lipinski definition) is 7. The molecule has 0 aromatic carbocycles. The number of anilines is 1. The van der Waals surface area contributed by atoms with Gasteiger partial charge < -0.3 is 14.4 Å². The SMILES string of the molecule is COCc1nsc(N2CCC(COc3cccc(C(F)(F)F)n3)CC2)n1. The Morgan fingerprint density at radius 1 is 1.23 bits per heavy atom. The summed E-state index contributed by atoms with van der Waals surface area (Å²) in [5.74, 6) is 0.957. The lowest BCUT2D eigenvalue weighted by molar-refractivity contribution is -0.141. The maximum Gasteiger partial charge on any atom is 0.433 e. The lowest BCUT2D eigenvalue weighted by Crippen LogP contribution is -2.35. The number of hydrogen-bond donors (Lipinski definition) is 0. The Morgan fingerprint density at radius 2 is 2.00 bits per heavy atom. The normalized spacial score (nSPS) is 16.1. The van der Waals surface area contributed by atoms with Gasteiger partial charge in [-0.2, -0.15) is 17.5 Å². The second-order valence-corrected chi connectivity index (χ2v) is 6.76. The molecule has 2 aromatic heterocycles. The van der Waals surface area contributed by atoms with Gasteiger partial charge in [-0.3, -0.25) is 0 Å². The van der Waals surface area contributed by atoms with Gasteiger partial charge in [-0.15, -0.1) is 0 Å². The number of piperidine rings is 1. The van der Waals surface area contributed by atoms with Crippen LogP contribution < -0.4 is 9.64 Å². The molecule has 3 heterocycles. The number of aromatic nitrogens is 3. The van der Waals surface area contributed by atoms with E-state index in [1.807, 2.05) is 0 Å². The second-order valence-electron chi connectivity index (χ2n) is 6.03. The van der Waals surface area contributed by atoms with Gasteiger partial charge in [0.1, 0.15) is 12.3 Å². The topological polar surface area (TPSA) is 60.4 Å². The molecule has 0 atom stereocenters. The van der Waals surface area contributed by atoms with Gasteiger partial charge in [-0.1, -0.05) is 6.07 Å². The van der Waals surface area contributed by atoms with E-state index in [1.165, 1.54) is 23.7 Å². The molecule has 0 spiro atoms. The van der Waals surface area contributed by atoms with Crippen molar-refractivity contribution >= 4 is 16.7 Å². The first-order valence-corrected chi connectivity index (χ1v) is 8.96. The minimum Gasteiger partial charge on any atom is -0.477 e. The Balaban J connectivity index is 1.48. The van der Waals surface area contributed by atoms with Crippen LogP contribution in [0.1, 0.15) is 24.4 Å². The minimum absolute atomic E-state index is 0.00980. The van der Waals surface area contributed by atoms with Crippen LogP contribution in [0.2, 0.25) is 0 Å². The summed E-state index contributed by atoms with van der Waals surface area (Å²) in [5, 5.41) is 0.871. The van der Waals surface area contributed by atoms with Crippen LogP contribution in [0.3, 0.4) is 0 Å². The second kappa shape index (κ2) is 8.17. The molecule has 0 N–H and O–H groups in total.